The number of thiazole rings is 1. The summed E-state index contributed by atoms with van der Waals surface area (Å²) in [6.45, 7) is 4.82. The number of nitrogens with one attached hydrogen (secondary N) is 1. The predicted octanol–water partition coefficient (Wildman–Crippen LogP) is 7.17. The molecule has 3 N–H and O–H groups in total. The summed E-state index contributed by atoms with van der Waals surface area (Å²) in [7, 11) is 0. The third-order valence-electron chi connectivity index (χ3n) is 5.90. The molecule has 1 heterocycles. The van der Waals surface area contributed by atoms with Crippen LogP contribution in [0.25, 0.3) is 0 Å². The normalized spacial score (nSPS) is 11.3. The van der Waals surface area contributed by atoms with Gasteiger partial charge in [0.1, 0.15) is 11.4 Å². The maximum Gasteiger partial charge on any atom is 0.309 e. The predicted molar refractivity (Wildman–Crippen MR) is 144 cm³/mol. The Morgan fingerprint density at radius 2 is 1.67 bits per heavy atom. The molecule has 0 aliphatic heterocycles. The highest BCUT2D eigenvalue weighted by molar-refractivity contribution is 7.13. The van der Waals surface area contributed by atoms with Crippen molar-refractivity contribution < 1.29 is 19.8 Å². The number of carbonyl (C=O) groups excluding carboxylic acids is 1. The van der Waals surface area contributed by atoms with E-state index in [1.165, 1.54) is 62.7 Å². The zero-order valence-electron chi connectivity index (χ0n) is 21.6. The molecule has 0 spiro atoms. The van der Waals surface area contributed by atoms with Crippen molar-refractivity contribution in [3.63, 3.8) is 0 Å². The van der Waals surface area contributed by atoms with Crippen LogP contribution in [0.5, 0.6) is 5.75 Å². The lowest BCUT2D eigenvalue weighted by Gasteiger charge is -2.09. The highest BCUT2D eigenvalue weighted by atomic mass is 32.1. The molecule has 2 rings (SSSR count). The van der Waals surface area contributed by atoms with E-state index in [2.05, 4.69) is 27.5 Å². The summed E-state index contributed by atoms with van der Waals surface area (Å²) in [6, 6.07) is 3.55. The van der Waals surface area contributed by atoms with E-state index in [0.717, 1.165) is 18.4 Å². The minimum atomic E-state index is -0.961. The second-order valence-electron chi connectivity index (χ2n) is 9.22. The Morgan fingerprint density at radius 3 is 2.33 bits per heavy atom. The molecular weight excluding hydrogens is 476 g/mol. The molecule has 0 saturated heterocycles. The minimum Gasteiger partial charge on any atom is -0.505 e. The summed E-state index contributed by atoms with van der Waals surface area (Å²) in [4.78, 5) is 27.2. The average molecular weight is 517 g/mol. The van der Waals surface area contributed by atoms with Crippen molar-refractivity contribution in [3.05, 3.63) is 34.3 Å². The molecule has 9 heteroatoms. The van der Waals surface area contributed by atoms with Gasteiger partial charge in [-0.15, -0.1) is 21.6 Å². The van der Waals surface area contributed by atoms with Crippen LogP contribution in [-0.4, -0.2) is 33.6 Å². The number of aromatic nitrogens is 1. The van der Waals surface area contributed by atoms with Gasteiger partial charge in [0.2, 0.25) is 11.0 Å². The molecule has 36 heavy (non-hydrogen) atoms. The van der Waals surface area contributed by atoms with Crippen molar-refractivity contribution in [2.24, 2.45) is 10.2 Å². The van der Waals surface area contributed by atoms with Gasteiger partial charge in [0, 0.05) is 18.3 Å². The largest absolute Gasteiger partial charge is 0.505 e. The number of carbonyl (C=O) groups is 2. The van der Waals surface area contributed by atoms with Crippen molar-refractivity contribution in [3.8, 4) is 5.75 Å². The third-order valence-corrected chi connectivity index (χ3v) is 6.68. The van der Waals surface area contributed by atoms with Crippen molar-refractivity contribution in [1.29, 1.82) is 0 Å². The Morgan fingerprint density at radius 1 is 1.00 bits per heavy atom. The first kappa shape index (κ1) is 29.4. The Kier molecular flexibility index (Phi) is 13.7. The van der Waals surface area contributed by atoms with Crippen LogP contribution in [0.15, 0.2) is 27.7 Å². The van der Waals surface area contributed by atoms with Crippen molar-refractivity contribution in [2.75, 3.05) is 6.54 Å². The molecule has 1 amide bonds. The number of carboxylic acids is 1. The summed E-state index contributed by atoms with van der Waals surface area (Å²) in [5.74, 6) is -0.991. The highest BCUT2D eigenvalue weighted by Gasteiger charge is 2.12. The molecule has 1 aromatic carbocycles. The fraction of sp³-hybridized carbons (Fsp3) is 0.593. The smallest absolute Gasteiger partial charge is 0.309 e. The molecule has 0 bridgehead atoms. The highest BCUT2D eigenvalue weighted by Crippen LogP contribution is 2.34. The van der Waals surface area contributed by atoms with Crippen LogP contribution in [0.3, 0.4) is 0 Å². The van der Waals surface area contributed by atoms with E-state index in [0.29, 0.717) is 35.0 Å². The van der Waals surface area contributed by atoms with Crippen LogP contribution in [0.4, 0.5) is 10.8 Å². The number of unbranched alkanes of at least 4 members (excludes halogenated alkanes) is 9. The van der Waals surface area contributed by atoms with Crippen LogP contribution in [0.2, 0.25) is 0 Å². The second kappa shape index (κ2) is 16.8. The topological polar surface area (TPSA) is 124 Å². The molecule has 1 aromatic heterocycles. The standard InChI is InChI=1S/C27H40N4O4S/c1-3-4-5-6-7-8-9-10-11-12-15-28-24(32)14-13-21-16-20(2)17-23(26(21)35)30-31-27-29-22(19-36-27)18-25(33)34/h16-17,19,35H,3-15,18H2,1-2H3,(H,28,32)(H,33,34). The van der Waals surface area contributed by atoms with Gasteiger partial charge in [-0.1, -0.05) is 70.8 Å². The second-order valence-corrected chi connectivity index (χ2v) is 10.1. The van der Waals surface area contributed by atoms with E-state index < -0.39 is 5.97 Å². The number of rotatable bonds is 18. The Hall–Kier alpha value is -2.81. The van der Waals surface area contributed by atoms with E-state index in [1.807, 2.05) is 13.0 Å². The number of aryl methyl sites for hydroxylation is 2. The van der Waals surface area contributed by atoms with Gasteiger partial charge >= 0.3 is 5.97 Å². The molecule has 198 valence electrons. The SMILES string of the molecule is CCCCCCCCCCCCNC(=O)CCc1cc(C)cc(N=Nc2nc(CC(=O)O)cs2)c1O. The summed E-state index contributed by atoms with van der Waals surface area (Å²) >= 11 is 1.19. The fourth-order valence-electron chi connectivity index (χ4n) is 3.95. The van der Waals surface area contributed by atoms with Gasteiger partial charge in [0.25, 0.3) is 0 Å². The molecule has 2 aromatic rings. The van der Waals surface area contributed by atoms with E-state index in [-0.39, 0.29) is 24.5 Å². The molecule has 0 unspecified atom stereocenters. The van der Waals surface area contributed by atoms with Crippen LogP contribution in [-0.2, 0) is 22.4 Å². The monoisotopic (exact) mass is 516 g/mol. The van der Waals surface area contributed by atoms with Crippen molar-refractivity contribution >= 4 is 34.0 Å². The number of hydrogen-bond donors (Lipinski definition) is 3. The molecular formula is C27H40N4O4S. The van der Waals surface area contributed by atoms with Gasteiger partial charge in [0.15, 0.2) is 0 Å². The number of aromatic hydroxyl groups is 1. The summed E-state index contributed by atoms with van der Waals surface area (Å²) in [6.07, 6.45) is 13.1. The van der Waals surface area contributed by atoms with E-state index in [1.54, 1.807) is 11.4 Å². The number of benzene rings is 1. The zero-order valence-corrected chi connectivity index (χ0v) is 22.4. The minimum absolute atomic E-state index is 0.00541. The maximum absolute atomic E-state index is 12.3. The van der Waals surface area contributed by atoms with Gasteiger partial charge in [-0.3, -0.25) is 9.59 Å². The third kappa shape index (κ3) is 11.7. The molecule has 0 atom stereocenters. The molecule has 8 nitrogen and oxygen atoms in total. The van der Waals surface area contributed by atoms with Crippen LogP contribution in [0.1, 0.15) is 94.4 Å². The number of hydrogen-bond acceptors (Lipinski definition) is 7. The first-order valence-corrected chi connectivity index (χ1v) is 13.9. The lowest BCUT2D eigenvalue weighted by atomic mass is 10.0. The molecule has 0 radical (unpaired) electrons. The fourth-order valence-corrected chi connectivity index (χ4v) is 4.59. The summed E-state index contributed by atoms with van der Waals surface area (Å²) < 4.78 is 0. The Balaban J connectivity index is 1.71. The lowest BCUT2D eigenvalue weighted by Crippen LogP contribution is -2.24. The van der Waals surface area contributed by atoms with Crippen LogP contribution >= 0.6 is 11.3 Å². The van der Waals surface area contributed by atoms with E-state index in [4.69, 9.17) is 5.11 Å². The number of nitrogens with zero attached hydrogens (tertiary/aromatic N) is 3. The summed E-state index contributed by atoms with van der Waals surface area (Å²) in [5.41, 5.74) is 2.25. The molecule has 0 saturated carbocycles. The molecule has 0 fully saturated rings. The lowest BCUT2D eigenvalue weighted by molar-refractivity contribution is -0.136. The number of phenolic OH excluding ortho intramolecular Hbond substituents is 1. The number of phenols is 1. The van der Waals surface area contributed by atoms with Gasteiger partial charge in [-0.25, -0.2) is 4.98 Å². The van der Waals surface area contributed by atoms with E-state index in [9.17, 15) is 14.7 Å². The maximum atomic E-state index is 12.3. The molecule has 0 aliphatic rings. The van der Waals surface area contributed by atoms with Crippen LogP contribution < -0.4 is 5.32 Å². The quantitative estimate of drug-likeness (QED) is 0.143. The summed E-state index contributed by atoms with van der Waals surface area (Å²) in [5, 5.41) is 32.5. The van der Waals surface area contributed by atoms with Gasteiger partial charge in [-0.2, -0.15) is 0 Å². The number of azo groups is 1. The van der Waals surface area contributed by atoms with Gasteiger partial charge < -0.3 is 15.5 Å². The van der Waals surface area contributed by atoms with E-state index >= 15 is 0 Å². The van der Waals surface area contributed by atoms with Gasteiger partial charge in [-0.05, 0) is 37.0 Å². The number of carboxylic acid groups (broad SMARTS) is 1. The first-order chi connectivity index (χ1) is 17.4. The average Bonchev–Trinajstić information content (AvgIpc) is 3.28. The zero-order chi connectivity index (χ0) is 26.2. The van der Waals surface area contributed by atoms with Crippen molar-refractivity contribution in [1.82, 2.24) is 10.3 Å². The Bertz CT molecular complexity index is 990. The number of amides is 1. The Labute approximate surface area is 218 Å². The van der Waals surface area contributed by atoms with Gasteiger partial charge in [0.05, 0.1) is 12.1 Å². The molecule has 0 aliphatic carbocycles. The van der Waals surface area contributed by atoms with Crippen LogP contribution in [0, 0.1) is 6.92 Å². The van der Waals surface area contributed by atoms with Crippen molar-refractivity contribution in [2.45, 2.75) is 97.3 Å². The number of aliphatic carboxylic acids is 1. The first-order valence-electron chi connectivity index (χ1n) is 13.1.